The maximum Gasteiger partial charge on any atom is 0.319 e. The molecule has 5 nitrogen and oxygen atoms in total. The van der Waals surface area contributed by atoms with E-state index in [0.717, 1.165) is 18.6 Å². The maximum atomic E-state index is 13.9. The zero-order valence-corrected chi connectivity index (χ0v) is 15.1. The van der Waals surface area contributed by atoms with E-state index in [1.54, 1.807) is 6.07 Å². The highest BCUT2D eigenvalue weighted by Gasteiger charge is 2.28. The Labute approximate surface area is 160 Å². The molecule has 0 saturated carbocycles. The van der Waals surface area contributed by atoms with Crippen molar-refractivity contribution in [2.45, 2.75) is 12.8 Å². The molecule has 3 amide bonds. The zero-order chi connectivity index (χ0) is 20.1. The number of anilines is 1. The van der Waals surface area contributed by atoms with E-state index in [-0.39, 0.29) is 19.0 Å². The Bertz CT molecular complexity index is 855. The van der Waals surface area contributed by atoms with E-state index in [0.29, 0.717) is 18.7 Å². The fourth-order valence-electron chi connectivity index (χ4n) is 3.25. The van der Waals surface area contributed by atoms with Crippen molar-refractivity contribution in [1.82, 2.24) is 10.2 Å². The summed E-state index contributed by atoms with van der Waals surface area (Å²) < 4.78 is 40.9. The Morgan fingerprint density at radius 3 is 2.50 bits per heavy atom. The van der Waals surface area contributed by atoms with Crippen LogP contribution in [-0.4, -0.2) is 36.5 Å². The topological polar surface area (TPSA) is 61.4 Å². The summed E-state index contributed by atoms with van der Waals surface area (Å²) in [4.78, 5) is 25.9. The molecule has 0 bridgehead atoms. The molecule has 2 aromatic rings. The number of halogens is 3. The summed E-state index contributed by atoms with van der Waals surface area (Å²) in [5.41, 5.74) is -0.229. The Morgan fingerprint density at radius 2 is 1.79 bits per heavy atom. The molecular weight excluding hydrogens is 371 g/mol. The normalized spacial score (nSPS) is 16.5. The summed E-state index contributed by atoms with van der Waals surface area (Å²) in [5, 5.41) is 5.21. The van der Waals surface area contributed by atoms with Crippen molar-refractivity contribution in [3.05, 3.63) is 65.5 Å². The van der Waals surface area contributed by atoms with Gasteiger partial charge in [0.05, 0.1) is 0 Å². The fraction of sp³-hybridized carbons (Fsp3) is 0.300. The molecule has 3 rings (SSSR count). The second kappa shape index (κ2) is 8.77. The van der Waals surface area contributed by atoms with Crippen LogP contribution >= 0.6 is 0 Å². The van der Waals surface area contributed by atoms with Crippen LogP contribution in [0.2, 0.25) is 0 Å². The second-order valence-electron chi connectivity index (χ2n) is 6.70. The van der Waals surface area contributed by atoms with Gasteiger partial charge in [-0.3, -0.25) is 4.79 Å². The molecule has 1 aliphatic rings. The lowest BCUT2D eigenvalue weighted by molar-refractivity contribution is 0.0665. The summed E-state index contributed by atoms with van der Waals surface area (Å²) in [6.45, 7) is 0.968. The van der Waals surface area contributed by atoms with Gasteiger partial charge in [-0.25, -0.2) is 18.0 Å². The van der Waals surface area contributed by atoms with Gasteiger partial charge >= 0.3 is 6.03 Å². The largest absolute Gasteiger partial charge is 0.338 e. The van der Waals surface area contributed by atoms with E-state index in [2.05, 4.69) is 10.6 Å². The highest BCUT2D eigenvalue weighted by Crippen LogP contribution is 2.21. The lowest BCUT2D eigenvalue weighted by Gasteiger charge is -2.33. The third-order valence-electron chi connectivity index (χ3n) is 4.62. The van der Waals surface area contributed by atoms with Crippen LogP contribution in [0, 0.1) is 23.4 Å². The van der Waals surface area contributed by atoms with Gasteiger partial charge in [0.2, 0.25) is 0 Å². The number of piperidine rings is 1. The minimum Gasteiger partial charge on any atom is -0.338 e. The lowest BCUT2D eigenvalue weighted by atomic mass is 9.97. The van der Waals surface area contributed by atoms with Crippen LogP contribution in [0.4, 0.5) is 23.7 Å². The number of hydrogen-bond acceptors (Lipinski definition) is 2. The Balaban J connectivity index is 1.55. The number of urea groups is 1. The standard InChI is InChI=1S/C20H20F3N3O2/c21-14-5-1-6-15(10-14)25-20(28)24-11-13-4-3-9-26(12-13)19(27)18-16(22)7-2-8-17(18)23/h1-2,5-8,10,13H,3-4,9,11-12H2,(H2,24,25,28). The first-order chi connectivity index (χ1) is 13.4. The molecule has 1 fully saturated rings. The molecular formula is C20H20F3N3O2. The SMILES string of the molecule is O=C(NCC1CCCN(C(=O)c2c(F)cccc2F)C1)Nc1cccc(F)c1. The van der Waals surface area contributed by atoms with E-state index >= 15 is 0 Å². The lowest BCUT2D eigenvalue weighted by Crippen LogP contribution is -2.44. The van der Waals surface area contributed by atoms with Crippen LogP contribution in [0.1, 0.15) is 23.2 Å². The zero-order valence-electron chi connectivity index (χ0n) is 15.1. The van der Waals surface area contributed by atoms with Gasteiger partial charge in [-0.1, -0.05) is 12.1 Å². The van der Waals surface area contributed by atoms with Gasteiger partial charge in [-0.15, -0.1) is 0 Å². The van der Waals surface area contributed by atoms with Crippen LogP contribution in [0.5, 0.6) is 0 Å². The molecule has 1 unspecified atom stereocenters. The predicted molar refractivity (Wildman–Crippen MR) is 98.4 cm³/mol. The molecule has 0 radical (unpaired) electrons. The number of rotatable bonds is 4. The smallest absolute Gasteiger partial charge is 0.319 e. The van der Waals surface area contributed by atoms with Gasteiger partial charge in [0.1, 0.15) is 23.0 Å². The summed E-state index contributed by atoms with van der Waals surface area (Å²) in [7, 11) is 0. The second-order valence-corrected chi connectivity index (χ2v) is 6.70. The van der Waals surface area contributed by atoms with Crippen LogP contribution in [0.3, 0.4) is 0 Å². The Morgan fingerprint density at radius 1 is 1.07 bits per heavy atom. The molecule has 0 aliphatic carbocycles. The summed E-state index contributed by atoms with van der Waals surface area (Å²) in [5.74, 6) is -2.98. The fourth-order valence-corrected chi connectivity index (χ4v) is 3.25. The number of nitrogens with zero attached hydrogens (tertiary/aromatic N) is 1. The Kier molecular flexibility index (Phi) is 6.18. The van der Waals surface area contributed by atoms with Crippen molar-refractivity contribution in [3.8, 4) is 0 Å². The van der Waals surface area contributed by atoms with Crippen molar-refractivity contribution in [3.63, 3.8) is 0 Å². The number of nitrogens with one attached hydrogen (secondary N) is 2. The predicted octanol–water partition coefficient (Wildman–Crippen LogP) is 3.78. The number of benzene rings is 2. The quantitative estimate of drug-likeness (QED) is 0.833. The molecule has 0 aromatic heterocycles. The molecule has 0 spiro atoms. The molecule has 2 N–H and O–H groups in total. The summed E-state index contributed by atoms with van der Waals surface area (Å²) in [6.07, 6.45) is 1.43. The monoisotopic (exact) mass is 391 g/mol. The molecule has 148 valence electrons. The van der Waals surface area contributed by atoms with Crippen molar-refractivity contribution < 1.29 is 22.8 Å². The average Bonchev–Trinajstić information content (AvgIpc) is 2.66. The number of hydrogen-bond donors (Lipinski definition) is 2. The van der Waals surface area contributed by atoms with Gasteiger partial charge in [0.25, 0.3) is 5.91 Å². The average molecular weight is 391 g/mol. The van der Waals surface area contributed by atoms with Gasteiger partial charge in [-0.2, -0.15) is 0 Å². The Hall–Kier alpha value is -3.03. The molecule has 1 aliphatic heterocycles. The van der Waals surface area contributed by atoms with Crippen molar-refractivity contribution in [1.29, 1.82) is 0 Å². The van der Waals surface area contributed by atoms with Crippen LogP contribution < -0.4 is 10.6 Å². The molecule has 1 heterocycles. The van der Waals surface area contributed by atoms with E-state index in [1.165, 1.54) is 29.2 Å². The van der Waals surface area contributed by atoms with Gasteiger partial charge < -0.3 is 15.5 Å². The van der Waals surface area contributed by atoms with Crippen molar-refractivity contribution in [2.24, 2.45) is 5.92 Å². The van der Waals surface area contributed by atoms with Crippen LogP contribution in [0.15, 0.2) is 42.5 Å². The van der Waals surface area contributed by atoms with Gasteiger partial charge in [0.15, 0.2) is 0 Å². The third kappa shape index (κ3) is 4.82. The van der Waals surface area contributed by atoms with Gasteiger partial charge in [-0.05, 0) is 49.1 Å². The summed E-state index contributed by atoms with van der Waals surface area (Å²) in [6, 6.07) is 8.34. The van der Waals surface area contributed by atoms with Crippen LogP contribution in [-0.2, 0) is 0 Å². The number of carbonyl (C=O) groups excluding carboxylic acids is 2. The van der Waals surface area contributed by atoms with Crippen molar-refractivity contribution in [2.75, 3.05) is 25.0 Å². The van der Waals surface area contributed by atoms with E-state index in [1.807, 2.05) is 0 Å². The minimum absolute atomic E-state index is 0.0502. The minimum atomic E-state index is -0.889. The number of carbonyl (C=O) groups is 2. The van der Waals surface area contributed by atoms with E-state index < -0.39 is 35.0 Å². The highest BCUT2D eigenvalue weighted by atomic mass is 19.1. The third-order valence-corrected chi connectivity index (χ3v) is 4.62. The molecule has 1 atom stereocenters. The molecule has 28 heavy (non-hydrogen) atoms. The molecule has 1 saturated heterocycles. The molecule has 2 aromatic carbocycles. The van der Waals surface area contributed by atoms with Gasteiger partial charge in [0, 0.05) is 25.3 Å². The first kappa shape index (κ1) is 19.7. The van der Waals surface area contributed by atoms with Crippen LogP contribution in [0.25, 0.3) is 0 Å². The van der Waals surface area contributed by atoms with Crippen molar-refractivity contribution >= 4 is 17.6 Å². The first-order valence-electron chi connectivity index (χ1n) is 8.97. The van der Waals surface area contributed by atoms with E-state index in [9.17, 15) is 22.8 Å². The highest BCUT2D eigenvalue weighted by molar-refractivity contribution is 5.95. The first-order valence-corrected chi connectivity index (χ1v) is 8.97. The number of likely N-dealkylation sites (tertiary alicyclic amines) is 1. The van der Waals surface area contributed by atoms with E-state index in [4.69, 9.17) is 0 Å². The maximum absolute atomic E-state index is 13.9. The summed E-state index contributed by atoms with van der Waals surface area (Å²) >= 11 is 0. The molecule has 8 heteroatoms. The number of amides is 3.